The molecule has 0 fully saturated rings. The normalized spacial score (nSPS) is 12.0. The number of carbonyl (C=O) groups excluding carboxylic acids is 1. The molecule has 0 aliphatic carbocycles. The molecule has 6 nitrogen and oxygen atoms in total. The Balaban J connectivity index is 1.89. The Morgan fingerprint density at radius 1 is 1.27 bits per heavy atom. The number of hydrogen-bond donors (Lipinski definition) is 3. The topological polar surface area (TPSA) is 83.7 Å². The molecular weight excluding hydrogens is 284 g/mol. The lowest BCUT2D eigenvalue weighted by Gasteiger charge is -2.15. The summed E-state index contributed by atoms with van der Waals surface area (Å²) in [4.78, 5) is 11.9. The smallest absolute Gasteiger partial charge is 0.319 e. The van der Waals surface area contributed by atoms with Crippen LogP contribution in [0.4, 0.5) is 10.5 Å². The van der Waals surface area contributed by atoms with Crippen molar-refractivity contribution >= 4 is 11.7 Å². The maximum atomic E-state index is 11.9. The number of aliphatic hydroxyl groups is 1. The minimum atomic E-state index is -0.886. The van der Waals surface area contributed by atoms with E-state index in [1.807, 2.05) is 19.9 Å². The molecule has 0 saturated heterocycles. The van der Waals surface area contributed by atoms with Gasteiger partial charge in [-0.1, -0.05) is 12.1 Å². The average molecular weight is 304 g/mol. The molecule has 1 atom stereocenters. The standard InChI is InChI=1S/C16H20N2O4/c1-11(2)22-14-7-4-3-6-12(14)18-16(20)17-10-13(19)15-8-5-9-21-15/h3-9,11,13,19H,10H2,1-2H3,(H2,17,18,20). The molecule has 1 unspecified atom stereocenters. The van der Waals surface area contributed by atoms with Gasteiger partial charge in [-0.15, -0.1) is 0 Å². The second-order valence-electron chi connectivity index (χ2n) is 5.03. The molecule has 0 radical (unpaired) electrons. The Morgan fingerprint density at radius 2 is 2.05 bits per heavy atom. The summed E-state index contributed by atoms with van der Waals surface area (Å²) < 4.78 is 10.7. The molecule has 1 aromatic carbocycles. The van der Waals surface area contributed by atoms with E-state index in [1.54, 1.807) is 30.3 Å². The fourth-order valence-electron chi connectivity index (χ4n) is 1.86. The molecule has 0 aliphatic rings. The Hall–Kier alpha value is -2.47. The number of amides is 2. The number of furan rings is 1. The summed E-state index contributed by atoms with van der Waals surface area (Å²) in [6.07, 6.45) is 0.590. The third-order valence-corrected chi connectivity index (χ3v) is 2.83. The van der Waals surface area contributed by atoms with Crippen molar-refractivity contribution in [3.63, 3.8) is 0 Å². The lowest BCUT2D eigenvalue weighted by Crippen LogP contribution is -2.32. The van der Waals surface area contributed by atoms with Gasteiger partial charge in [0.1, 0.15) is 17.6 Å². The van der Waals surface area contributed by atoms with E-state index in [4.69, 9.17) is 9.15 Å². The van der Waals surface area contributed by atoms with Crippen LogP contribution in [0.5, 0.6) is 5.75 Å². The molecule has 1 heterocycles. The van der Waals surface area contributed by atoms with Crippen LogP contribution in [-0.4, -0.2) is 23.8 Å². The first-order valence-corrected chi connectivity index (χ1v) is 7.08. The molecule has 2 aromatic rings. The highest BCUT2D eigenvalue weighted by atomic mass is 16.5. The van der Waals surface area contributed by atoms with Crippen LogP contribution in [0.25, 0.3) is 0 Å². The highest BCUT2D eigenvalue weighted by Gasteiger charge is 2.13. The first-order chi connectivity index (χ1) is 10.6. The van der Waals surface area contributed by atoms with Crippen LogP contribution in [-0.2, 0) is 0 Å². The van der Waals surface area contributed by atoms with Crippen LogP contribution < -0.4 is 15.4 Å². The van der Waals surface area contributed by atoms with Gasteiger partial charge in [0.05, 0.1) is 24.6 Å². The van der Waals surface area contributed by atoms with Crippen molar-refractivity contribution in [1.82, 2.24) is 5.32 Å². The second-order valence-corrected chi connectivity index (χ2v) is 5.03. The second kappa shape index (κ2) is 7.51. The monoisotopic (exact) mass is 304 g/mol. The Morgan fingerprint density at radius 3 is 2.73 bits per heavy atom. The van der Waals surface area contributed by atoms with E-state index in [0.717, 1.165) is 0 Å². The molecule has 22 heavy (non-hydrogen) atoms. The zero-order valence-corrected chi connectivity index (χ0v) is 12.6. The van der Waals surface area contributed by atoms with E-state index >= 15 is 0 Å². The van der Waals surface area contributed by atoms with Crippen LogP contribution in [0, 0.1) is 0 Å². The minimum absolute atomic E-state index is 0.00628. The van der Waals surface area contributed by atoms with Gasteiger partial charge in [-0.3, -0.25) is 0 Å². The predicted octanol–water partition coefficient (Wildman–Crippen LogP) is 2.92. The van der Waals surface area contributed by atoms with E-state index in [-0.39, 0.29) is 12.6 Å². The van der Waals surface area contributed by atoms with Crippen LogP contribution in [0.3, 0.4) is 0 Å². The molecule has 3 N–H and O–H groups in total. The molecular formula is C16H20N2O4. The quantitative estimate of drug-likeness (QED) is 0.766. The number of rotatable bonds is 6. The van der Waals surface area contributed by atoms with Crippen LogP contribution in [0.2, 0.25) is 0 Å². The number of aliphatic hydroxyl groups excluding tert-OH is 1. The van der Waals surface area contributed by atoms with Gasteiger partial charge in [0.25, 0.3) is 0 Å². The first kappa shape index (κ1) is 15.9. The van der Waals surface area contributed by atoms with Gasteiger partial charge in [-0.25, -0.2) is 4.79 Å². The molecule has 2 amide bonds. The zero-order valence-electron chi connectivity index (χ0n) is 12.6. The third kappa shape index (κ3) is 4.53. The Kier molecular flexibility index (Phi) is 5.43. The van der Waals surface area contributed by atoms with E-state index in [2.05, 4.69) is 10.6 Å². The maximum absolute atomic E-state index is 11.9. The summed E-state index contributed by atoms with van der Waals surface area (Å²) >= 11 is 0. The van der Waals surface area contributed by atoms with Gasteiger partial charge in [-0.2, -0.15) is 0 Å². The number of carbonyl (C=O) groups is 1. The fraction of sp³-hybridized carbons (Fsp3) is 0.312. The van der Waals surface area contributed by atoms with Crippen molar-refractivity contribution in [2.45, 2.75) is 26.1 Å². The van der Waals surface area contributed by atoms with Crippen LogP contribution >= 0.6 is 0 Å². The van der Waals surface area contributed by atoms with Crippen molar-refractivity contribution < 1.29 is 19.1 Å². The molecule has 0 saturated carbocycles. The fourth-order valence-corrected chi connectivity index (χ4v) is 1.86. The summed E-state index contributed by atoms with van der Waals surface area (Å²) in [5.41, 5.74) is 0.571. The number of anilines is 1. The van der Waals surface area contributed by atoms with Crippen LogP contribution in [0.15, 0.2) is 47.1 Å². The molecule has 0 spiro atoms. The average Bonchev–Trinajstić information content (AvgIpc) is 3.00. The van der Waals surface area contributed by atoms with Gasteiger partial charge >= 0.3 is 6.03 Å². The van der Waals surface area contributed by atoms with Gasteiger partial charge in [0.15, 0.2) is 0 Å². The van der Waals surface area contributed by atoms with Gasteiger partial charge in [-0.05, 0) is 38.1 Å². The number of benzene rings is 1. The lowest BCUT2D eigenvalue weighted by atomic mass is 10.2. The predicted molar refractivity (Wildman–Crippen MR) is 82.9 cm³/mol. The molecule has 0 bridgehead atoms. The highest BCUT2D eigenvalue weighted by Crippen LogP contribution is 2.24. The third-order valence-electron chi connectivity index (χ3n) is 2.83. The largest absolute Gasteiger partial charge is 0.489 e. The van der Waals surface area contributed by atoms with Crippen molar-refractivity contribution in [1.29, 1.82) is 0 Å². The number of urea groups is 1. The zero-order chi connectivity index (χ0) is 15.9. The van der Waals surface area contributed by atoms with Gasteiger partial charge < -0.3 is 24.9 Å². The SMILES string of the molecule is CC(C)Oc1ccccc1NC(=O)NCC(O)c1ccco1. The highest BCUT2D eigenvalue weighted by molar-refractivity contribution is 5.90. The van der Waals surface area contributed by atoms with Crippen molar-refractivity contribution in [3.05, 3.63) is 48.4 Å². The molecule has 1 aromatic heterocycles. The maximum Gasteiger partial charge on any atom is 0.319 e. The van der Waals surface area contributed by atoms with E-state index in [0.29, 0.717) is 17.2 Å². The number of para-hydroxylation sites is 2. The number of ether oxygens (including phenoxy) is 1. The number of hydrogen-bond acceptors (Lipinski definition) is 4. The van der Waals surface area contributed by atoms with E-state index < -0.39 is 12.1 Å². The van der Waals surface area contributed by atoms with Crippen molar-refractivity contribution in [2.24, 2.45) is 0 Å². The summed E-state index contributed by atoms with van der Waals surface area (Å²) in [5.74, 6) is 1.00. The summed E-state index contributed by atoms with van der Waals surface area (Å²) in [7, 11) is 0. The molecule has 2 rings (SSSR count). The molecule has 118 valence electrons. The Labute approximate surface area is 129 Å². The van der Waals surface area contributed by atoms with Gasteiger partial charge in [0.2, 0.25) is 0 Å². The summed E-state index contributed by atoms with van der Waals surface area (Å²) in [6, 6.07) is 10.1. The summed E-state index contributed by atoms with van der Waals surface area (Å²) in [5, 5.41) is 15.1. The van der Waals surface area contributed by atoms with Gasteiger partial charge in [0, 0.05) is 0 Å². The van der Waals surface area contributed by atoms with E-state index in [1.165, 1.54) is 6.26 Å². The lowest BCUT2D eigenvalue weighted by molar-refractivity contribution is 0.149. The van der Waals surface area contributed by atoms with Crippen molar-refractivity contribution in [3.8, 4) is 5.75 Å². The molecule has 6 heteroatoms. The van der Waals surface area contributed by atoms with E-state index in [9.17, 15) is 9.90 Å². The minimum Gasteiger partial charge on any atom is -0.489 e. The van der Waals surface area contributed by atoms with Crippen LogP contribution in [0.1, 0.15) is 25.7 Å². The summed E-state index contributed by atoms with van der Waals surface area (Å²) in [6.45, 7) is 3.87. The molecule has 0 aliphatic heterocycles. The van der Waals surface area contributed by atoms with Crippen molar-refractivity contribution in [2.75, 3.05) is 11.9 Å². The number of nitrogens with one attached hydrogen (secondary N) is 2. The Bertz CT molecular complexity index is 596. The first-order valence-electron chi connectivity index (χ1n) is 7.08.